The van der Waals surface area contributed by atoms with E-state index in [1.54, 1.807) is 6.92 Å². The molecule has 0 aromatic carbocycles. The quantitative estimate of drug-likeness (QED) is 0.770. The van der Waals surface area contributed by atoms with Crippen molar-refractivity contribution < 1.29 is 9.59 Å². The summed E-state index contributed by atoms with van der Waals surface area (Å²) in [5.74, 6) is 0.392. The maximum absolute atomic E-state index is 12.7. The lowest BCUT2D eigenvalue weighted by molar-refractivity contribution is -0.143. The molecule has 6 heteroatoms. The Balaban J connectivity index is 1.85. The normalized spacial score (nSPS) is 21.5. The second kappa shape index (κ2) is 6.75. The van der Waals surface area contributed by atoms with Gasteiger partial charge in [-0.15, -0.1) is 0 Å². The molecule has 2 aliphatic heterocycles. The van der Waals surface area contributed by atoms with E-state index in [9.17, 15) is 9.59 Å². The van der Waals surface area contributed by atoms with Crippen LogP contribution >= 0.6 is 0 Å². The molecule has 0 aromatic heterocycles. The van der Waals surface area contributed by atoms with Gasteiger partial charge in [0, 0.05) is 65.8 Å². The van der Waals surface area contributed by atoms with Gasteiger partial charge < -0.3 is 15.1 Å². The molecule has 0 spiro atoms. The smallest absolute Gasteiger partial charge is 0.229 e. The molecule has 6 nitrogen and oxygen atoms in total. The summed E-state index contributed by atoms with van der Waals surface area (Å²) in [6.07, 6.45) is 0. The zero-order valence-corrected chi connectivity index (χ0v) is 13.5. The van der Waals surface area contributed by atoms with Crippen molar-refractivity contribution in [3.8, 4) is 0 Å². The molecular weight excluding hydrogens is 268 g/mol. The summed E-state index contributed by atoms with van der Waals surface area (Å²) in [6.45, 7) is 13.1. The summed E-state index contributed by atoms with van der Waals surface area (Å²) < 4.78 is 0. The summed E-state index contributed by atoms with van der Waals surface area (Å²) in [5.41, 5.74) is -0.365. The van der Waals surface area contributed by atoms with Gasteiger partial charge in [-0.05, 0) is 13.8 Å². The van der Waals surface area contributed by atoms with Crippen LogP contribution in [0, 0.1) is 5.41 Å². The minimum Gasteiger partial charge on any atom is -0.340 e. The fraction of sp³-hybridized carbons (Fsp3) is 0.867. The second-order valence-electron chi connectivity index (χ2n) is 6.71. The van der Waals surface area contributed by atoms with Crippen molar-refractivity contribution in [3.05, 3.63) is 0 Å². The van der Waals surface area contributed by atoms with E-state index in [0.29, 0.717) is 0 Å². The van der Waals surface area contributed by atoms with Gasteiger partial charge in [0.05, 0.1) is 5.41 Å². The van der Waals surface area contributed by atoms with Crippen molar-refractivity contribution >= 4 is 11.8 Å². The maximum atomic E-state index is 12.7. The highest BCUT2D eigenvalue weighted by Gasteiger charge is 2.35. The average Bonchev–Trinajstić information content (AvgIpc) is 2.47. The van der Waals surface area contributed by atoms with Crippen molar-refractivity contribution in [2.24, 2.45) is 5.41 Å². The summed E-state index contributed by atoms with van der Waals surface area (Å²) in [6, 6.07) is 0. The standard InChI is InChI=1S/C15H28N4O2/c1-13(20)18-10-8-17(9-11-18)12-15(2,3)14(21)19-6-4-16-5-7-19/h16H,4-12H2,1-3H3. The Morgan fingerprint density at radius 3 is 2.05 bits per heavy atom. The number of hydrogen-bond donors (Lipinski definition) is 1. The van der Waals surface area contributed by atoms with E-state index < -0.39 is 0 Å². The first-order valence-electron chi connectivity index (χ1n) is 7.88. The number of amides is 2. The molecule has 0 unspecified atom stereocenters. The molecule has 2 rings (SSSR count). The van der Waals surface area contributed by atoms with E-state index in [-0.39, 0.29) is 17.2 Å². The Labute approximate surface area is 127 Å². The molecule has 2 saturated heterocycles. The van der Waals surface area contributed by atoms with Crippen molar-refractivity contribution in [3.63, 3.8) is 0 Å². The molecule has 0 aliphatic carbocycles. The molecular formula is C15H28N4O2. The highest BCUT2D eigenvalue weighted by molar-refractivity contribution is 5.82. The van der Waals surface area contributed by atoms with Crippen LogP contribution in [0.3, 0.4) is 0 Å². The molecule has 120 valence electrons. The molecule has 0 bridgehead atoms. The van der Waals surface area contributed by atoms with Gasteiger partial charge in [0.2, 0.25) is 11.8 Å². The first kappa shape index (κ1) is 16.2. The third-order valence-corrected chi connectivity index (χ3v) is 4.42. The molecule has 2 amide bonds. The number of rotatable bonds is 3. The second-order valence-corrected chi connectivity index (χ2v) is 6.71. The SMILES string of the molecule is CC(=O)N1CCN(CC(C)(C)C(=O)N2CCNCC2)CC1. The molecule has 21 heavy (non-hydrogen) atoms. The summed E-state index contributed by atoms with van der Waals surface area (Å²) in [7, 11) is 0. The van der Waals surface area contributed by atoms with Gasteiger partial charge in [0.25, 0.3) is 0 Å². The molecule has 2 aliphatic rings. The monoisotopic (exact) mass is 296 g/mol. The Morgan fingerprint density at radius 2 is 1.52 bits per heavy atom. The average molecular weight is 296 g/mol. The van der Waals surface area contributed by atoms with Gasteiger partial charge in [0.1, 0.15) is 0 Å². The topological polar surface area (TPSA) is 55.9 Å². The van der Waals surface area contributed by atoms with Gasteiger partial charge in [0.15, 0.2) is 0 Å². The third-order valence-electron chi connectivity index (χ3n) is 4.42. The summed E-state index contributed by atoms with van der Waals surface area (Å²) in [5, 5.41) is 3.28. The highest BCUT2D eigenvalue weighted by atomic mass is 16.2. The Kier molecular flexibility index (Phi) is 5.22. The van der Waals surface area contributed by atoms with Crippen LogP contribution in [0.15, 0.2) is 0 Å². The number of nitrogens with one attached hydrogen (secondary N) is 1. The first-order chi connectivity index (χ1) is 9.90. The van der Waals surface area contributed by atoms with Gasteiger partial charge in [-0.1, -0.05) is 0 Å². The number of carbonyl (C=O) groups is 2. The fourth-order valence-electron chi connectivity index (χ4n) is 3.14. The van der Waals surface area contributed by atoms with Crippen LogP contribution in [0.5, 0.6) is 0 Å². The van der Waals surface area contributed by atoms with Crippen LogP contribution in [0.25, 0.3) is 0 Å². The largest absolute Gasteiger partial charge is 0.340 e. The summed E-state index contributed by atoms with van der Waals surface area (Å²) in [4.78, 5) is 30.2. The van der Waals surface area contributed by atoms with Crippen LogP contribution in [0.1, 0.15) is 20.8 Å². The minimum absolute atomic E-state index is 0.144. The van der Waals surface area contributed by atoms with Gasteiger partial charge in [-0.2, -0.15) is 0 Å². The van der Waals surface area contributed by atoms with Crippen LogP contribution in [0.2, 0.25) is 0 Å². The van der Waals surface area contributed by atoms with Crippen molar-refractivity contribution in [2.75, 3.05) is 58.9 Å². The van der Waals surface area contributed by atoms with E-state index in [4.69, 9.17) is 0 Å². The number of nitrogens with zero attached hydrogens (tertiary/aromatic N) is 3. The van der Waals surface area contributed by atoms with Gasteiger partial charge in [-0.25, -0.2) is 0 Å². The highest BCUT2D eigenvalue weighted by Crippen LogP contribution is 2.22. The Bertz CT molecular complexity index is 383. The number of piperazine rings is 2. The van der Waals surface area contributed by atoms with Gasteiger partial charge >= 0.3 is 0 Å². The molecule has 0 saturated carbocycles. The first-order valence-corrected chi connectivity index (χ1v) is 7.88. The molecule has 0 atom stereocenters. The van der Waals surface area contributed by atoms with Gasteiger partial charge in [-0.3, -0.25) is 14.5 Å². The van der Waals surface area contributed by atoms with Crippen LogP contribution < -0.4 is 5.32 Å². The van der Waals surface area contributed by atoms with Crippen LogP contribution in [-0.2, 0) is 9.59 Å². The Hall–Kier alpha value is -1.14. The lowest BCUT2D eigenvalue weighted by Gasteiger charge is -2.40. The van der Waals surface area contributed by atoms with Crippen LogP contribution in [-0.4, -0.2) is 85.4 Å². The fourth-order valence-corrected chi connectivity index (χ4v) is 3.14. The van der Waals surface area contributed by atoms with Crippen molar-refractivity contribution in [1.82, 2.24) is 20.0 Å². The van der Waals surface area contributed by atoms with Crippen molar-refractivity contribution in [2.45, 2.75) is 20.8 Å². The van der Waals surface area contributed by atoms with Crippen LogP contribution in [0.4, 0.5) is 0 Å². The van der Waals surface area contributed by atoms with E-state index >= 15 is 0 Å². The minimum atomic E-state index is -0.365. The van der Waals surface area contributed by atoms with E-state index in [2.05, 4.69) is 10.2 Å². The lowest BCUT2D eigenvalue weighted by atomic mass is 9.90. The number of carbonyl (C=O) groups excluding carboxylic acids is 2. The molecule has 2 heterocycles. The predicted molar refractivity (Wildman–Crippen MR) is 81.9 cm³/mol. The lowest BCUT2D eigenvalue weighted by Crippen LogP contribution is -2.55. The van der Waals surface area contributed by atoms with E-state index in [1.165, 1.54) is 0 Å². The van der Waals surface area contributed by atoms with Crippen molar-refractivity contribution in [1.29, 1.82) is 0 Å². The third kappa shape index (κ3) is 4.17. The van der Waals surface area contributed by atoms with E-state index in [0.717, 1.165) is 58.9 Å². The molecule has 2 fully saturated rings. The molecule has 0 aromatic rings. The number of hydrogen-bond acceptors (Lipinski definition) is 4. The predicted octanol–water partition coefficient (Wildman–Crippen LogP) is -0.391. The molecule has 0 radical (unpaired) electrons. The van der Waals surface area contributed by atoms with E-state index in [1.807, 2.05) is 23.6 Å². The maximum Gasteiger partial charge on any atom is 0.229 e. The molecule has 1 N–H and O–H groups in total. The Morgan fingerprint density at radius 1 is 0.952 bits per heavy atom. The zero-order valence-electron chi connectivity index (χ0n) is 13.5. The zero-order chi connectivity index (χ0) is 15.5. The summed E-state index contributed by atoms with van der Waals surface area (Å²) >= 11 is 0.